The van der Waals surface area contributed by atoms with E-state index in [1.54, 1.807) is 26.0 Å². The van der Waals surface area contributed by atoms with E-state index in [0.29, 0.717) is 12.3 Å². The number of carbonyl (C=O) groups is 1. The van der Waals surface area contributed by atoms with Crippen LogP contribution < -0.4 is 14.4 Å². The van der Waals surface area contributed by atoms with E-state index in [0.717, 1.165) is 38.9 Å². The van der Waals surface area contributed by atoms with E-state index in [2.05, 4.69) is 19.1 Å². The highest BCUT2D eigenvalue weighted by molar-refractivity contribution is 7.99. The summed E-state index contributed by atoms with van der Waals surface area (Å²) in [6, 6.07) is 20.1. The Hall–Kier alpha value is -3.12. The van der Waals surface area contributed by atoms with Crippen molar-refractivity contribution in [2.75, 3.05) is 25.7 Å². The van der Waals surface area contributed by atoms with Crippen LogP contribution in [0.4, 0.5) is 16.2 Å². The lowest BCUT2D eigenvalue weighted by atomic mass is 9.93. The molecule has 3 aromatic rings. The maximum atomic E-state index is 14.0. The first kappa shape index (κ1) is 19.8. The first-order chi connectivity index (χ1) is 15.1. The van der Waals surface area contributed by atoms with Crippen molar-refractivity contribution in [3.8, 4) is 11.5 Å². The normalized spacial score (nSPS) is 16.8. The van der Waals surface area contributed by atoms with Gasteiger partial charge in [0, 0.05) is 16.3 Å². The highest BCUT2D eigenvalue weighted by atomic mass is 32.2. The first-order valence-corrected chi connectivity index (χ1v) is 11.2. The van der Waals surface area contributed by atoms with Crippen LogP contribution in [0.25, 0.3) is 0 Å². The number of hydrogen-bond acceptors (Lipinski definition) is 4. The maximum Gasteiger partial charge on any atom is 0.329 e. The molecule has 0 spiro atoms. The second kappa shape index (κ2) is 7.85. The van der Waals surface area contributed by atoms with Gasteiger partial charge in [-0.25, -0.2) is 4.79 Å². The number of fused-ring (bicyclic) bond motifs is 3. The summed E-state index contributed by atoms with van der Waals surface area (Å²) in [6.07, 6.45) is 0.775. The van der Waals surface area contributed by atoms with Gasteiger partial charge in [0.15, 0.2) is 11.5 Å². The Bertz CT molecular complexity index is 1120. The number of anilines is 2. The Labute approximate surface area is 186 Å². The molecule has 2 aliphatic heterocycles. The molecule has 5 nitrogen and oxygen atoms in total. The zero-order valence-corrected chi connectivity index (χ0v) is 18.6. The summed E-state index contributed by atoms with van der Waals surface area (Å²) >= 11 is 1.71. The maximum absolute atomic E-state index is 14.0. The van der Waals surface area contributed by atoms with Crippen molar-refractivity contribution in [1.82, 2.24) is 4.90 Å². The highest BCUT2D eigenvalue weighted by Crippen LogP contribution is 2.49. The number of methoxy groups -OCH3 is 2. The minimum Gasteiger partial charge on any atom is -0.493 e. The molecule has 1 atom stereocenters. The van der Waals surface area contributed by atoms with Crippen LogP contribution in [-0.4, -0.2) is 31.7 Å². The number of carbonyl (C=O) groups excluding carboxylic acids is 1. The van der Waals surface area contributed by atoms with E-state index in [4.69, 9.17) is 9.47 Å². The molecule has 0 N–H and O–H groups in total. The SMILES string of the molecule is COc1cc2c(cc1OC)C(C)N(C(=O)N1c3ccccc3Sc3ccccc31)CC2. The lowest BCUT2D eigenvalue weighted by molar-refractivity contribution is 0.183. The lowest BCUT2D eigenvalue weighted by Crippen LogP contribution is -2.46. The Balaban J connectivity index is 1.55. The summed E-state index contributed by atoms with van der Waals surface area (Å²) in [5.41, 5.74) is 4.16. The fourth-order valence-corrected chi connectivity index (χ4v) is 5.50. The molecular weight excluding hydrogens is 408 g/mol. The number of urea groups is 1. The van der Waals surface area contributed by atoms with Crippen LogP contribution in [-0.2, 0) is 6.42 Å². The Morgan fingerprint density at radius 1 is 0.935 bits per heavy atom. The summed E-state index contributed by atoms with van der Waals surface area (Å²) < 4.78 is 11.0. The van der Waals surface area contributed by atoms with Gasteiger partial charge < -0.3 is 14.4 Å². The lowest BCUT2D eigenvalue weighted by Gasteiger charge is -2.40. The van der Waals surface area contributed by atoms with Crippen molar-refractivity contribution >= 4 is 29.2 Å². The molecule has 2 heterocycles. The van der Waals surface area contributed by atoms with Crippen molar-refractivity contribution in [3.63, 3.8) is 0 Å². The number of hydrogen-bond donors (Lipinski definition) is 0. The quantitative estimate of drug-likeness (QED) is 0.495. The van der Waals surface area contributed by atoms with E-state index in [1.807, 2.05) is 58.3 Å². The van der Waals surface area contributed by atoms with Crippen LogP contribution in [0.2, 0.25) is 0 Å². The molecule has 5 rings (SSSR count). The molecule has 31 heavy (non-hydrogen) atoms. The second-order valence-corrected chi connectivity index (χ2v) is 8.76. The van der Waals surface area contributed by atoms with Gasteiger partial charge >= 0.3 is 6.03 Å². The van der Waals surface area contributed by atoms with Crippen molar-refractivity contribution in [2.24, 2.45) is 0 Å². The third-order valence-corrected chi connectivity index (χ3v) is 7.18. The van der Waals surface area contributed by atoms with Crippen molar-refractivity contribution in [3.05, 3.63) is 71.8 Å². The number of amides is 2. The van der Waals surface area contributed by atoms with E-state index in [1.165, 1.54) is 5.56 Å². The molecule has 6 heteroatoms. The van der Waals surface area contributed by atoms with Crippen LogP contribution in [0.3, 0.4) is 0 Å². The topological polar surface area (TPSA) is 42.0 Å². The fourth-order valence-electron chi connectivity index (χ4n) is 4.45. The molecule has 1 unspecified atom stereocenters. The minimum absolute atomic E-state index is 0.00636. The van der Waals surface area contributed by atoms with Crippen molar-refractivity contribution in [1.29, 1.82) is 0 Å². The zero-order chi connectivity index (χ0) is 21.5. The van der Waals surface area contributed by atoms with E-state index >= 15 is 0 Å². The van der Waals surface area contributed by atoms with Crippen LogP contribution in [0.1, 0.15) is 24.1 Å². The first-order valence-electron chi connectivity index (χ1n) is 10.3. The molecule has 0 radical (unpaired) electrons. The highest BCUT2D eigenvalue weighted by Gasteiger charge is 2.36. The summed E-state index contributed by atoms with van der Waals surface area (Å²) in [4.78, 5) is 20.0. The van der Waals surface area contributed by atoms with Gasteiger partial charge in [-0.05, 0) is 60.9 Å². The van der Waals surface area contributed by atoms with Gasteiger partial charge in [-0.3, -0.25) is 4.90 Å². The molecule has 3 aromatic carbocycles. The summed E-state index contributed by atoms with van der Waals surface area (Å²) in [7, 11) is 3.29. The Kier molecular flexibility index (Phi) is 5.02. The molecular formula is C25H24N2O3S. The van der Waals surface area contributed by atoms with Gasteiger partial charge in [0.1, 0.15) is 0 Å². The third-order valence-electron chi connectivity index (χ3n) is 6.05. The summed E-state index contributed by atoms with van der Waals surface area (Å²) in [5, 5.41) is 0. The standard InChI is InChI=1S/C25H24N2O3S/c1-16-18-15-22(30-3)21(29-2)14-17(18)12-13-26(16)25(28)27-19-8-4-6-10-23(19)31-24-11-7-5-9-20(24)27/h4-11,14-16H,12-13H2,1-3H3. The monoisotopic (exact) mass is 432 g/mol. The molecule has 0 aliphatic carbocycles. The van der Waals surface area contributed by atoms with Gasteiger partial charge in [-0.1, -0.05) is 36.0 Å². The Morgan fingerprint density at radius 3 is 2.13 bits per heavy atom. The predicted molar refractivity (Wildman–Crippen MR) is 123 cm³/mol. The summed E-state index contributed by atoms with van der Waals surface area (Å²) in [5.74, 6) is 1.41. The van der Waals surface area contributed by atoms with Gasteiger partial charge in [0.2, 0.25) is 0 Å². The van der Waals surface area contributed by atoms with Gasteiger partial charge in [0.25, 0.3) is 0 Å². The fraction of sp³-hybridized carbons (Fsp3) is 0.240. The molecule has 0 saturated carbocycles. The molecule has 2 aliphatic rings. The van der Waals surface area contributed by atoms with Gasteiger partial charge in [-0.15, -0.1) is 0 Å². The largest absolute Gasteiger partial charge is 0.493 e. The predicted octanol–water partition coefficient (Wildman–Crippen LogP) is 6.05. The third kappa shape index (κ3) is 3.22. The molecule has 0 saturated heterocycles. The van der Waals surface area contributed by atoms with Crippen LogP contribution in [0.15, 0.2) is 70.5 Å². The van der Waals surface area contributed by atoms with Gasteiger partial charge in [0.05, 0.1) is 31.6 Å². The molecule has 0 aromatic heterocycles. The van der Waals surface area contributed by atoms with E-state index in [9.17, 15) is 4.79 Å². The number of rotatable bonds is 2. The number of benzene rings is 3. The number of nitrogens with zero attached hydrogens (tertiary/aromatic N) is 2. The number of ether oxygens (including phenoxy) is 2. The molecule has 2 amide bonds. The molecule has 0 bridgehead atoms. The second-order valence-electron chi connectivity index (χ2n) is 7.68. The van der Waals surface area contributed by atoms with E-state index in [-0.39, 0.29) is 12.1 Å². The average Bonchev–Trinajstić information content (AvgIpc) is 2.81. The van der Waals surface area contributed by atoms with Gasteiger partial charge in [-0.2, -0.15) is 0 Å². The smallest absolute Gasteiger partial charge is 0.329 e. The van der Waals surface area contributed by atoms with Crippen LogP contribution >= 0.6 is 11.8 Å². The zero-order valence-electron chi connectivity index (χ0n) is 17.8. The van der Waals surface area contributed by atoms with E-state index < -0.39 is 0 Å². The van der Waals surface area contributed by atoms with Crippen molar-refractivity contribution < 1.29 is 14.3 Å². The van der Waals surface area contributed by atoms with Crippen LogP contribution in [0.5, 0.6) is 11.5 Å². The summed E-state index contributed by atoms with van der Waals surface area (Å²) in [6.45, 7) is 2.73. The molecule has 0 fully saturated rings. The average molecular weight is 433 g/mol. The Morgan fingerprint density at radius 2 is 1.52 bits per heavy atom. The van der Waals surface area contributed by atoms with Crippen molar-refractivity contribution in [2.45, 2.75) is 29.2 Å². The molecule has 158 valence electrons. The van der Waals surface area contributed by atoms with Crippen LogP contribution in [0, 0.1) is 0 Å². The minimum atomic E-state index is -0.0787. The number of para-hydroxylation sites is 2.